The molecular formula is C58H111NO11S. The smallest absolute Gasteiger partial charge is 0.394 e. The van der Waals surface area contributed by atoms with Crippen molar-refractivity contribution in [3.05, 3.63) is 24.3 Å². The van der Waals surface area contributed by atoms with Crippen LogP contribution in [0.2, 0.25) is 0 Å². The zero-order chi connectivity index (χ0) is 51.9. The van der Waals surface area contributed by atoms with E-state index >= 15 is 0 Å². The molecule has 0 aromatic carbocycles. The van der Waals surface area contributed by atoms with Gasteiger partial charge in [0.2, 0.25) is 5.91 Å². The van der Waals surface area contributed by atoms with E-state index in [9.17, 15) is 38.2 Å². The van der Waals surface area contributed by atoms with Gasteiger partial charge in [0.05, 0.1) is 25.4 Å². The fraction of sp³-hybridized carbons (Fsp3) is 0.914. The van der Waals surface area contributed by atoms with E-state index < -0.39 is 59.9 Å². The number of unbranched alkanes of at least 4 members (excludes halogenated alkanes) is 38. The zero-order valence-corrected chi connectivity index (χ0v) is 46.4. The molecule has 12 nitrogen and oxygen atoms in total. The van der Waals surface area contributed by atoms with E-state index in [4.69, 9.17) is 9.47 Å². The molecule has 71 heavy (non-hydrogen) atoms. The van der Waals surface area contributed by atoms with E-state index in [1.807, 2.05) is 6.08 Å². The average molecular weight is 1030 g/mol. The molecule has 7 atom stereocenters. The molecule has 0 aromatic heterocycles. The minimum absolute atomic E-state index is 0.263. The first kappa shape index (κ1) is 67.6. The summed E-state index contributed by atoms with van der Waals surface area (Å²) < 4.78 is 47.9. The second-order valence-electron chi connectivity index (χ2n) is 20.9. The second-order valence-corrected chi connectivity index (χ2v) is 22.0. The Morgan fingerprint density at radius 3 is 1.27 bits per heavy atom. The van der Waals surface area contributed by atoms with Crippen molar-refractivity contribution in [3.8, 4) is 0 Å². The number of carbonyl (C=O) groups is 1. The third-order valence-electron chi connectivity index (χ3n) is 14.2. The van der Waals surface area contributed by atoms with Crippen molar-refractivity contribution in [2.75, 3.05) is 13.2 Å². The van der Waals surface area contributed by atoms with Crippen LogP contribution in [0.15, 0.2) is 24.3 Å². The van der Waals surface area contributed by atoms with Crippen molar-refractivity contribution in [1.82, 2.24) is 5.32 Å². The Morgan fingerprint density at radius 2 is 0.901 bits per heavy atom. The molecule has 6 N–H and O–H groups in total. The summed E-state index contributed by atoms with van der Waals surface area (Å²) in [5.41, 5.74) is 0. The van der Waals surface area contributed by atoms with Gasteiger partial charge in [0.15, 0.2) is 6.29 Å². The van der Waals surface area contributed by atoms with Crippen LogP contribution in [0, 0.1) is 0 Å². The highest BCUT2D eigenvalue weighted by molar-refractivity contribution is 7.80. The summed E-state index contributed by atoms with van der Waals surface area (Å²) in [6.45, 7) is 3.44. The maximum Gasteiger partial charge on any atom is 0.397 e. The van der Waals surface area contributed by atoms with Gasteiger partial charge < -0.3 is 35.2 Å². The molecule has 0 aliphatic carbocycles. The van der Waals surface area contributed by atoms with Crippen LogP contribution in [0.3, 0.4) is 0 Å². The van der Waals surface area contributed by atoms with E-state index in [-0.39, 0.29) is 18.9 Å². The Kier molecular flexibility index (Phi) is 45.9. The number of ether oxygens (including phenoxy) is 2. The lowest BCUT2D eigenvalue weighted by Gasteiger charge is -2.41. The molecule has 1 amide bonds. The van der Waals surface area contributed by atoms with Crippen LogP contribution in [0.4, 0.5) is 0 Å². The van der Waals surface area contributed by atoms with Crippen LogP contribution in [0.5, 0.6) is 0 Å². The highest BCUT2D eigenvalue weighted by Crippen LogP contribution is 2.26. The third-order valence-corrected chi connectivity index (χ3v) is 14.7. The molecule has 1 aliphatic heterocycles. The average Bonchev–Trinajstić information content (AvgIpc) is 3.34. The van der Waals surface area contributed by atoms with Gasteiger partial charge >= 0.3 is 10.4 Å². The summed E-state index contributed by atoms with van der Waals surface area (Å²) in [5, 5.41) is 45.0. The number of rotatable bonds is 52. The highest BCUT2D eigenvalue weighted by Gasteiger charge is 2.48. The van der Waals surface area contributed by atoms with Gasteiger partial charge in [-0.1, -0.05) is 256 Å². The summed E-state index contributed by atoms with van der Waals surface area (Å²) in [6, 6.07) is -0.946. The zero-order valence-electron chi connectivity index (χ0n) is 45.6. The molecule has 1 rings (SSSR count). The van der Waals surface area contributed by atoms with Crippen molar-refractivity contribution in [3.63, 3.8) is 0 Å². The summed E-state index contributed by atoms with van der Waals surface area (Å²) in [5.74, 6) is -0.263. The van der Waals surface area contributed by atoms with Crippen molar-refractivity contribution >= 4 is 16.3 Å². The molecule has 0 radical (unpaired) electrons. The first-order chi connectivity index (χ1) is 34.5. The Bertz CT molecular complexity index is 1350. The molecule has 7 unspecified atom stereocenters. The fourth-order valence-electron chi connectivity index (χ4n) is 9.63. The number of allylic oxidation sites excluding steroid dienone is 3. The predicted molar refractivity (Wildman–Crippen MR) is 292 cm³/mol. The van der Waals surface area contributed by atoms with Crippen LogP contribution in [0.25, 0.3) is 0 Å². The number of aliphatic hydroxyl groups is 4. The number of nitrogens with one attached hydrogen (secondary N) is 1. The lowest BCUT2D eigenvalue weighted by atomic mass is 9.99. The summed E-state index contributed by atoms with van der Waals surface area (Å²) >= 11 is 0. The molecule has 1 heterocycles. The maximum atomic E-state index is 13.1. The molecule has 420 valence electrons. The number of hydrogen-bond donors (Lipinski definition) is 6. The molecular weight excluding hydrogens is 919 g/mol. The van der Waals surface area contributed by atoms with Crippen LogP contribution < -0.4 is 5.32 Å². The van der Waals surface area contributed by atoms with E-state index in [2.05, 4.69) is 35.5 Å². The number of carbonyl (C=O) groups excluding carboxylic acids is 1. The van der Waals surface area contributed by atoms with Gasteiger partial charge in [-0.25, -0.2) is 4.18 Å². The lowest BCUT2D eigenvalue weighted by molar-refractivity contribution is -0.298. The largest absolute Gasteiger partial charge is 0.397 e. The molecule has 0 spiro atoms. The minimum Gasteiger partial charge on any atom is -0.394 e. The van der Waals surface area contributed by atoms with Crippen molar-refractivity contribution < 1.29 is 51.8 Å². The molecule has 0 saturated carbocycles. The van der Waals surface area contributed by atoms with E-state index in [0.29, 0.717) is 6.42 Å². The highest BCUT2D eigenvalue weighted by atomic mass is 32.3. The Hall–Kier alpha value is -1.42. The maximum absolute atomic E-state index is 13.1. The third kappa shape index (κ3) is 40.6. The van der Waals surface area contributed by atoms with Crippen molar-refractivity contribution in [2.24, 2.45) is 0 Å². The summed E-state index contributed by atoms with van der Waals surface area (Å²) in [4.78, 5) is 13.1. The standard InChI is InChI=1S/C58H111NO11S/c1-3-5-7-9-11-13-15-17-19-21-23-25-27-29-31-33-35-37-39-41-43-45-47-52(61)51(50-68-58-56(64)57(70-71(65,66)67)55(63)53(49-60)69-58)59-54(62)48-46-44-42-40-38-36-34-32-30-28-26-24-22-20-18-16-14-12-10-8-6-4-2/h28,30,45,47,51-53,55-58,60-61,63-64H,3-27,29,31-44,46,48-50H2,1-2H3,(H,59,62)(H,65,66,67)/b30-28-,47-45+. The van der Waals surface area contributed by atoms with Gasteiger partial charge in [0.25, 0.3) is 0 Å². The Labute approximate surface area is 435 Å². The topological polar surface area (TPSA) is 192 Å². The SMILES string of the molecule is CCCCCCCCCCCCC/C=C\CCCCCCCCCC(=O)NC(COC1OC(CO)C(O)C(OS(=O)(=O)O)C1O)C(O)/C=C/CCCCCCCCCCCCCCCCCCCCCC. The van der Waals surface area contributed by atoms with E-state index in [1.165, 1.54) is 212 Å². The monoisotopic (exact) mass is 1030 g/mol. The number of amides is 1. The van der Waals surface area contributed by atoms with Crippen LogP contribution in [-0.4, -0.2) is 95.4 Å². The normalized spacial score (nSPS) is 19.6. The summed E-state index contributed by atoms with van der Waals surface area (Å²) in [7, 11) is -5.09. The Morgan fingerprint density at radius 1 is 0.549 bits per heavy atom. The second kappa shape index (κ2) is 48.2. The first-order valence-electron chi connectivity index (χ1n) is 29.7. The predicted octanol–water partition coefficient (Wildman–Crippen LogP) is 14.0. The minimum atomic E-state index is -5.09. The first-order valence-corrected chi connectivity index (χ1v) is 31.1. The van der Waals surface area contributed by atoms with Gasteiger partial charge in [-0.05, 0) is 44.9 Å². The van der Waals surface area contributed by atoms with Gasteiger partial charge in [-0.2, -0.15) is 8.42 Å². The van der Waals surface area contributed by atoms with Crippen LogP contribution in [0.1, 0.15) is 284 Å². The number of hydrogen-bond acceptors (Lipinski definition) is 10. The quantitative estimate of drug-likeness (QED) is 0.0193. The summed E-state index contributed by atoms with van der Waals surface area (Å²) in [6.07, 6.45) is 50.8. The Balaban J connectivity index is 2.37. The van der Waals surface area contributed by atoms with Gasteiger partial charge in [-0.3, -0.25) is 9.35 Å². The van der Waals surface area contributed by atoms with E-state index in [0.717, 1.165) is 44.9 Å². The molecule has 1 saturated heterocycles. The number of aliphatic hydroxyl groups excluding tert-OH is 4. The van der Waals surface area contributed by atoms with Crippen molar-refractivity contribution in [1.29, 1.82) is 0 Å². The van der Waals surface area contributed by atoms with Gasteiger partial charge in [0, 0.05) is 6.42 Å². The molecule has 0 bridgehead atoms. The van der Waals surface area contributed by atoms with Crippen molar-refractivity contribution in [2.45, 2.75) is 326 Å². The lowest BCUT2D eigenvalue weighted by Crippen LogP contribution is -2.61. The van der Waals surface area contributed by atoms with Gasteiger partial charge in [-0.15, -0.1) is 0 Å². The van der Waals surface area contributed by atoms with Crippen LogP contribution >= 0.6 is 0 Å². The van der Waals surface area contributed by atoms with Crippen LogP contribution in [-0.2, 0) is 28.9 Å². The molecule has 1 aliphatic rings. The van der Waals surface area contributed by atoms with Gasteiger partial charge in [0.1, 0.15) is 24.4 Å². The van der Waals surface area contributed by atoms with E-state index in [1.54, 1.807) is 6.08 Å². The molecule has 0 aromatic rings. The molecule has 13 heteroatoms. The molecule has 1 fully saturated rings. The fourth-order valence-corrected chi connectivity index (χ4v) is 10.1.